The highest BCUT2D eigenvalue weighted by atomic mass is 16.5. The molecule has 1 fully saturated rings. The van der Waals surface area contributed by atoms with Gasteiger partial charge in [-0.05, 0) is 25.0 Å². The minimum atomic E-state index is 0.454. The molecule has 0 unspecified atom stereocenters. The lowest BCUT2D eigenvalue weighted by Crippen LogP contribution is -2.17. The highest BCUT2D eigenvalue weighted by Gasteiger charge is 2.18. The molecule has 1 aliphatic rings. The van der Waals surface area contributed by atoms with E-state index in [2.05, 4.69) is 20.7 Å². The van der Waals surface area contributed by atoms with Crippen LogP contribution in [0.3, 0.4) is 0 Å². The number of nitrogens with one attached hydrogen (secondary N) is 2. The van der Waals surface area contributed by atoms with E-state index < -0.39 is 0 Å². The number of rotatable bonds is 5. The van der Waals surface area contributed by atoms with Crippen molar-refractivity contribution in [1.82, 2.24) is 19.7 Å². The summed E-state index contributed by atoms with van der Waals surface area (Å²) in [6, 6.07) is 8.24. The Morgan fingerprint density at radius 2 is 2.04 bits per heavy atom. The van der Waals surface area contributed by atoms with Crippen molar-refractivity contribution in [1.29, 1.82) is 0 Å². The summed E-state index contributed by atoms with van der Waals surface area (Å²) < 4.78 is 7.07. The molecule has 0 saturated heterocycles. The molecule has 2 N–H and O–H groups in total. The third-order valence-corrected chi connectivity index (χ3v) is 4.61. The average Bonchev–Trinajstić information content (AvgIpc) is 3.26. The second-order valence-corrected chi connectivity index (χ2v) is 6.38. The van der Waals surface area contributed by atoms with E-state index in [-0.39, 0.29) is 0 Å². The van der Waals surface area contributed by atoms with Crippen LogP contribution in [-0.2, 0) is 7.05 Å². The number of aromatic nitrogens is 4. The van der Waals surface area contributed by atoms with Gasteiger partial charge in [-0.15, -0.1) is 0 Å². The molecule has 0 radical (unpaired) electrons. The molecule has 1 saturated carbocycles. The van der Waals surface area contributed by atoms with Crippen LogP contribution in [0.1, 0.15) is 25.7 Å². The lowest BCUT2D eigenvalue weighted by atomic mass is 10.2. The Kier molecular flexibility index (Phi) is 4.13. The fourth-order valence-corrected chi connectivity index (χ4v) is 3.27. The number of nitrogens with zero attached hydrogens (tertiary/aromatic N) is 4. The first-order valence-electron chi connectivity index (χ1n) is 8.60. The number of hydrogen-bond acceptors (Lipinski definition) is 6. The SMILES string of the molecule is COc1cccc(Nc2nc(NC3CCCC3)nc3c2cnn3C)c1. The lowest BCUT2D eigenvalue weighted by Gasteiger charge is -2.14. The Bertz CT molecular complexity index is 884. The zero-order chi connectivity index (χ0) is 17.2. The second kappa shape index (κ2) is 6.58. The maximum absolute atomic E-state index is 5.29. The summed E-state index contributed by atoms with van der Waals surface area (Å²) in [5.41, 5.74) is 1.72. The van der Waals surface area contributed by atoms with Crippen molar-refractivity contribution < 1.29 is 4.74 Å². The van der Waals surface area contributed by atoms with Crippen molar-refractivity contribution in [2.24, 2.45) is 7.05 Å². The molecule has 0 atom stereocenters. The molecule has 0 bridgehead atoms. The number of hydrogen-bond donors (Lipinski definition) is 2. The van der Waals surface area contributed by atoms with Gasteiger partial charge in [-0.25, -0.2) is 0 Å². The fraction of sp³-hybridized carbons (Fsp3) is 0.389. The molecular formula is C18H22N6O. The van der Waals surface area contributed by atoms with Crippen molar-refractivity contribution in [3.8, 4) is 5.75 Å². The van der Waals surface area contributed by atoms with Crippen molar-refractivity contribution in [3.63, 3.8) is 0 Å². The lowest BCUT2D eigenvalue weighted by molar-refractivity contribution is 0.415. The summed E-state index contributed by atoms with van der Waals surface area (Å²) in [5.74, 6) is 2.19. The Hall–Kier alpha value is -2.83. The van der Waals surface area contributed by atoms with Crippen molar-refractivity contribution in [2.75, 3.05) is 17.7 Å². The van der Waals surface area contributed by atoms with Gasteiger partial charge in [-0.1, -0.05) is 18.9 Å². The summed E-state index contributed by atoms with van der Waals surface area (Å²) in [4.78, 5) is 9.35. The van der Waals surface area contributed by atoms with Crippen LogP contribution in [0.25, 0.3) is 11.0 Å². The van der Waals surface area contributed by atoms with Gasteiger partial charge in [-0.2, -0.15) is 15.1 Å². The van der Waals surface area contributed by atoms with Gasteiger partial charge >= 0.3 is 0 Å². The Balaban J connectivity index is 1.70. The smallest absolute Gasteiger partial charge is 0.226 e. The first kappa shape index (κ1) is 15.7. The molecule has 3 aromatic rings. The maximum atomic E-state index is 5.29. The second-order valence-electron chi connectivity index (χ2n) is 6.38. The van der Waals surface area contributed by atoms with E-state index in [9.17, 15) is 0 Å². The van der Waals surface area contributed by atoms with Gasteiger partial charge < -0.3 is 15.4 Å². The average molecular weight is 338 g/mol. The van der Waals surface area contributed by atoms with E-state index in [4.69, 9.17) is 9.72 Å². The molecule has 0 amide bonds. The predicted molar refractivity (Wildman–Crippen MR) is 98.5 cm³/mol. The summed E-state index contributed by atoms with van der Waals surface area (Å²) in [6.07, 6.45) is 6.66. The highest BCUT2D eigenvalue weighted by Crippen LogP contribution is 2.28. The van der Waals surface area contributed by atoms with Gasteiger partial charge in [0.15, 0.2) is 5.65 Å². The standard InChI is InChI=1S/C18H22N6O/c1-24-17-15(11-19-24)16(20-13-8-5-9-14(10-13)25-2)22-18(23-17)21-12-6-3-4-7-12/h5,8-12H,3-4,6-7H2,1-2H3,(H2,20,21,22,23). The van der Waals surface area contributed by atoms with E-state index >= 15 is 0 Å². The van der Waals surface area contributed by atoms with E-state index in [0.717, 1.165) is 28.3 Å². The van der Waals surface area contributed by atoms with Crippen LogP contribution in [0.5, 0.6) is 5.75 Å². The fourth-order valence-electron chi connectivity index (χ4n) is 3.27. The van der Waals surface area contributed by atoms with Gasteiger partial charge in [0.2, 0.25) is 5.95 Å². The largest absolute Gasteiger partial charge is 0.497 e. The van der Waals surface area contributed by atoms with Crippen LogP contribution in [0, 0.1) is 0 Å². The molecule has 1 aromatic carbocycles. The molecule has 25 heavy (non-hydrogen) atoms. The zero-order valence-electron chi connectivity index (χ0n) is 14.5. The number of benzene rings is 1. The minimum absolute atomic E-state index is 0.454. The monoisotopic (exact) mass is 338 g/mol. The number of ether oxygens (including phenoxy) is 1. The summed E-state index contributed by atoms with van der Waals surface area (Å²) in [6.45, 7) is 0. The molecule has 0 spiro atoms. The van der Waals surface area contributed by atoms with Crippen molar-refractivity contribution in [3.05, 3.63) is 30.5 Å². The van der Waals surface area contributed by atoms with Crippen LogP contribution >= 0.6 is 0 Å². The van der Waals surface area contributed by atoms with E-state index in [1.54, 1.807) is 18.0 Å². The van der Waals surface area contributed by atoms with Crippen LogP contribution < -0.4 is 15.4 Å². The van der Waals surface area contributed by atoms with Crippen molar-refractivity contribution in [2.45, 2.75) is 31.7 Å². The van der Waals surface area contributed by atoms with Gasteiger partial charge in [-0.3, -0.25) is 4.68 Å². The molecule has 7 heteroatoms. The molecule has 7 nitrogen and oxygen atoms in total. The number of methoxy groups -OCH3 is 1. The van der Waals surface area contributed by atoms with Crippen LogP contribution in [0.2, 0.25) is 0 Å². The summed E-state index contributed by atoms with van der Waals surface area (Å²) in [5, 5.41) is 12.1. The third kappa shape index (κ3) is 3.22. The maximum Gasteiger partial charge on any atom is 0.226 e. The Morgan fingerprint density at radius 1 is 1.20 bits per heavy atom. The third-order valence-electron chi connectivity index (χ3n) is 4.61. The number of anilines is 3. The van der Waals surface area contributed by atoms with Gasteiger partial charge in [0.1, 0.15) is 11.6 Å². The number of fused-ring (bicyclic) bond motifs is 1. The number of aryl methyl sites for hydroxylation is 1. The van der Waals surface area contributed by atoms with Gasteiger partial charge in [0, 0.05) is 24.8 Å². The molecule has 2 aromatic heterocycles. The topological polar surface area (TPSA) is 76.9 Å². The van der Waals surface area contributed by atoms with Crippen LogP contribution in [0.15, 0.2) is 30.5 Å². The molecule has 1 aliphatic carbocycles. The van der Waals surface area contributed by atoms with Crippen LogP contribution in [-0.4, -0.2) is 32.9 Å². The first-order chi connectivity index (χ1) is 12.2. The predicted octanol–water partition coefficient (Wildman–Crippen LogP) is 3.47. The highest BCUT2D eigenvalue weighted by molar-refractivity contribution is 5.89. The zero-order valence-corrected chi connectivity index (χ0v) is 14.5. The molecular weight excluding hydrogens is 316 g/mol. The van der Waals surface area contributed by atoms with E-state index in [0.29, 0.717) is 12.0 Å². The Labute approximate surface area is 146 Å². The summed E-state index contributed by atoms with van der Waals surface area (Å²) >= 11 is 0. The molecule has 0 aliphatic heterocycles. The molecule has 130 valence electrons. The van der Waals surface area contributed by atoms with Crippen molar-refractivity contribution >= 4 is 28.5 Å². The first-order valence-corrected chi connectivity index (χ1v) is 8.60. The Morgan fingerprint density at radius 3 is 2.84 bits per heavy atom. The summed E-state index contributed by atoms with van der Waals surface area (Å²) in [7, 11) is 3.55. The molecule has 2 heterocycles. The normalized spacial score (nSPS) is 14.8. The van der Waals surface area contributed by atoms with Crippen LogP contribution in [0.4, 0.5) is 17.5 Å². The molecule has 4 rings (SSSR count). The van der Waals surface area contributed by atoms with E-state index in [1.165, 1.54) is 25.7 Å². The van der Waals surface area contributed by atoms with Gasteiger partial charge in [0.05, 0.1) is 18.7 Å². The van der Waals surface area contributed by atoms with E-state index in [1.807, 2.05) is 31.3 Å². The quantitative estimate of drug-likeness (QED) is 0.742. The minimum Gasteiger partial charge on any atom is -0.497 e. The van der Waals surface area contributed by atoms with Gasteiger partial charge in [0.25, 0.3) is 0 Å².